The van der Waals surface area contributed by atoms with Crippen LogP contribution < -0.4 is 11.1 Å². The average Bonchev–Trinajstić information content (AvgIpc) is 2.52. The van der Waals surface area contributed by atoms with Crippen LogP contribution in [0.4, 0.5) is 5.82 Å². The van der Waals surface area contributed by atoms with Crippen molar-refractivity contribution < 1.29 is 9.53 Å². The summed E-state index contributed by atoms with van der Waals surface area (Å²) in [6.45, 7) is 8.28. The minimum atomic E-state index is -0.492. The Bertz CT molecular complexity index is 618. The molecule has 3 N–H and O–H groups in total. The standard InChI is InChI=1S/C19H29N3O2/c1-13-5-7-14(8-6-13)16-10-9-15(11-20)18(22-16)21-12-17(23)24-19(2,3)4/h7,9-10,13H,5-6,8,11-12,20H2,1-4H3,(H,21,22). The molecule has 132 valence electrons. The van der Waals surface area contributed by atoms with Crippen LogP contribution in [0.5, 0.6) is 0 Å². The van der Waals surface area contributed by atoms with E-state index in [2.05, 4.69) is 18.3 Å². The highest BCUT2D eigenvalue weighted by Gasteiger charge is 2.17. The Morgan fingerprint density at radius 3 is 2.75 bits per heavy atom. The molecule has 24 heavy (non-hydrogen) atoms. The Morgan fingerprint density at radius 1 is 1.42 bits per heavy atom. The van der Waals surface area contributed by atoms with E-state index in [0.29, 0.717) is 12.4 Å². The summed E-state index contributed by atoms with van der Waals surface area (Å²) in [4.78, 5) is 16.6. The number of rotatable bonds is 5. The molecule has 0 saturated carbocycles. The van der Waals surface area contributed by atoms with Gasteiger partial charge >= 0.3 is 5.97 Å². The number of aromatic nitrogens is 1. The summed E-state index contributed by atoms with van der Waals surface area (Å²) >= 11 is 0. The largest absolute Gasteiger partial charge is 0.459 e. The SMILES string of the molecule is CC1CC=C(c2ccc(CN)c(NCC(=O)OC(C)(C)C)n2)CC1. The molecular formula is C19H29N3O2. The Morgan fingerprint density at radius 2 is 2.17 bits per heavy atom. The monoisotopic (exact) mass is 331 g/mol. The molecule has 1 aliphatic rings. The van der Waals surface area contributed by atoms with Gasteiger partial charge in [0.1, 0.15) is 18.0 Å². The number of anilines is 1. The van der Waals surface area contributed by atoms with Crippen molar-refractivity contribution in [1.29, 1.82) is 0 Å². The quantitative estimate of drug-likeness (QED) is 0.808. The molecule has 0 aromatic carbocycles. The predicted octanol–water partition coefficient (Wildman–Crippen LogP) is 3.50. The van der Waals surface area contributed by atoms with E-state index < -0.39 is 5.60 Å². The first kappa shape index (κ1) is 18.5. The maximum absolute atomic E-state index is 11.9. The van der Waals surface area contributed by atoms with Crippen molar-refractivity contribution in [3.05, 3.63) is 29.5 Å². The molecule has 1 aliphatic carbocycles. The van der Waals surface area contributed by atoms with Crippen LogP contribution in [0.1, 0.15) is 58.2 Å². The summed E-state index contributed by atoms with van der Waals surface area (Å²) < 4.78 is 5.32. The van der Waals surface area contributed by atoms with Crippen molar-refractivity contribution in [3.63, 3.8) is 0 Å². The number of carbonyl (C=O) groups is 1. The third kappa shape index (κ3) is 5.34. The molecule has 0 aliphatic heterocycles. The molecule has 1 heterocycles. The van der Waals surface area contributed by atoms with Crippen LogP contribution in [0.3, 0.4) is 0 Å². The average molecular weight is 331 g/mol. The molecule has 1 aromatic heterocycles. The van der Waals surface area contributed by atoms with E-state index in [4.69, 9.17) is 15.5 Å². The van der Waals surface area contributed by atoms with Gasteiger partial charge in [0, 0.05) is 12.1 Å². The van der Waals surface area contributed by atoms with Crippen molar-refractivity contribution in [1.82, 2.24) is 4.98 Å². The third-order valence-electron chi connectivity index (χ3n) is 4.02. The second-order valence-electron chi connectivity index (χ2n) is 7.46. The number of hydrogen-bond acceptors (Lipinski definition) is 5. The molecule has 1 aromatic rings. The Balaban J connectivity index is 2.10. The van der Waals surface area contributed by atoms with E-state index in [-0.39, 0.29) is 12.5 Å². The van der Waals surface area contributed by atoms with E-state index in [1.165, 1.54) is 12.0 Å². The fourth-order valence-electron chi connectivity index (χ4n) is 2.72. The summed E-state index contributed by atoms with van der Waals surface area (Å²) in [6, 6.07) is 4.00. The van der Waals surface area contributed by atoms with Crippen molar-refractivity contribution >= 4 is 17.4 Å². The third-order valence-corrected chi connectivity index (χ3v) is 4.02. The van der Waals surface area contributed by atoms with Gasteiger partial charge in [0.15, 0.2) is 0 Å². The lowest BCUT2D eigenvalue weighted by Crippen LogP contribution is -2.28. The minimum Gasteiger partial charge on any atom is -0.459 e. The lowest BCUT2D eigenvalue weighted by Gasteiger charge is -2.21. The Hall–Kier alpha value is -1.88. The molecule has 2 rings (SSSR count). The van der Waals surface area contributed by atoms with Crippen molar-refractivity contribution in [2.75, 3.05) is 11.9 Å². The number of esters is 1. The second kappa shape index (κ2) is 7.79. The molecule has 0 radical (unpaired) electrons. The lowest BCUT2D eigenvalue weighted by atomic mass is 9.89. The molecule has 0 spiro atoms. The van der Waals surface area contributed by atoms with Crippen molar-refractivity contribution in [3.8, 4) is 0 Å². The van der Waals surface area contributed by atoms with E-state index in [1.807, 2.05) is 32.9 Å². The van der Waals surface area contributed by atoms with Gasteiger partial charge in [-0.3, -0.25) is 4.79 Å². The van der Waals surface area contributed by atoms with Crippen LogP contribution >= 0.6 is 0 Å². The number of nitrogens with two attached hydrogens (primary N) is 1. The highest BCUT2D eigenvalue weighted by Crippen LogP contribution is 2.30. The molecule has 5 heteroatoms. The predicted molar refractivity (Wildman–Crippen MR) is 97.5 cm³/mol. The summed E-state index contributed by atoms with van der Waals surface area (Å²) in [5, 5.41) is 3.08. The Labute approximate surface area is 144 Å². The van der Waals surface area contributed by atoms with Crippen molar-refractivity contribution in [2.24, 2.45) is 11.7 Å². The van der Waals surface area contributed by atoms with Gasteiger partial charge in [0.25, 0.3) is 0 Å². The normalized spacial score (nSPS) is 18.0. The molecule has 0 saturated heterocycles. The number of pyridine rings is 1. The van der Waals surface area contributed by atoms with E-state index >= 15 is 0 Å². The van der Waals surface area contributed by atoms with Gasteiger partial charge in [-0.15, -0.1) is 0 Å². The zero-order valence-electron chi connectivity index (χ0n) is 15.2. The van der Waals surface area contributed by atoms with Gasteiger partial charge < -0.3 is 15.8 Å². The Kier molecular flexibility index (Phi) is 5.99. The molecule has 0 amide bonds. The molecule has 1 unspecified atom stereocenters. The van der Waals surface area contributed by atoms with Gasteiger partial charge in [-0.25, -0.2) is 4.98 Å². The molecule has 0 fully saturated rings. The number of hydrogen-bond donors (Lipinski definition) is 2. The fraction of sp³-hybridized carbons (Fsp3) is 0.579. The first-order valence-electron chi connectivity index (χ1n) is 8.63. The molecule has 0 bridgehead atoms. The molecule has 5 nitrogen and oxygen atoms in total. The van der Waals surface area contributed by atoms with Crippen LogP contribution in [0.2, 0.25) is 0 Å². The summed E-state index contributed by atoms with van der Waals surface area (Å²) in [5.41, 5.74) is 8.44. The lowest BCUT2D eigenvalue weighted by molar-refractivity contribution is -0.152. The van der Waals surface area contributed by atoms with E-state index in [1.54, 1.807) is 0 Å². The fourth-order valence-corrected chi connectivity index (χ4v) is 2.72. The maximum atomic E-state index is 11.9. The maximum Gasteiger partial charge on any atom is 0.325 e. The topological polar surface area (TPSA) is 77.2 Å². The molecule has 1 atom stereocenters. The molecular weight excluding hydrogens is 302 g/mol. The van der Waals surface area contributed by atoms with Gasteiger partial charge in [-0.05, 0) is 57.6 Å². The second-order valence-corrected chi connectivity index (χ2v) is 7.46. The van der Waals surface area contributed by atoms with E-state index in [9.17, 15) is 4.79 Å². The zero-order chi connectivity index (χ0) is 17.7. The van der Waals surface area contributed by atoms with Gasteiger partial charge in [-0.2, -0.15) is 0 Å². The van der Waals surface area contributed by atoms with Gasteiger partial charge in [0.2, 0.25) is 0 Å². The summed E-state index contributed by atoms with van der Waals surface area (Å²) in [7, 11) is 0. The summed E-state index contributed by atoms with van der Waals surface area (Å²) in [5.74, 6) is 1.10. The first-order valence-corrected chi connectivity index (χ1v) is 8.63. The van der Waals surface area contributed by atoms with Crippen LogP contribution in [0.25, 0.3) is 5.57 Å². The summed E-state index contributed by atoms with van der Waals surface area (Å²) in [6.07, 6.45) is 5.60. The van der Waals surface area contributed by atoms with Crippen LogP contribution in [0.15, 0.2) is 18.2 Å². The highest BCUT2D eigenvalue weighted by atomic mass is 16.6. The van der Waals surface area contributed by atoms with Crippen LogP contribution in [-0.2, 0) is 16.1 Å². The van der Waals surface area contributed by atoms with Crippen molar-refractivity contribution in [2.45, 2.75) is 59.1 Å². The number of ether oxygens (including phenoxy) is 1. The number of carbonyl (C=O) groups excluding carboxylic acids is 1. The van der Waals surface area contributed by atoms with E-state index in [0.717, 1.165) is 30.0 Å². The smallest absolute Gasteiger partial charge is 0.325 e. The van der Waals surface area contributed by atoms with Crippen LogP contribution in [-0.4, -0.2) is 23.1 Å². The highest BCUT2D eigenvalue weighted by molar-refractivity contribution is 5.75. The minimum absolute atomic E-state index is 0.0802. The first-order chi connectivity index (χ1) is 11.3. The van der Waals surface area contributed by atoms with Gasteiger partial charge in [0.05, 0.1) is 5.69 Å². The number of nitrogens with zero attached hydrogens (tertiary/aromatic N) is 1. The zero-order valence-corrected chi connectivity index (χ0v) is 15.2. The van der Waals surface area contributed by atoms with Crippen LogP contribution in [0, 0.1) is 5.92 Å². The number of nitrogens with one attached hydrogen (secondary N) is 1. The van der Waals surface area contributed by atoms with Gasteiger partial charge in [-0.1, -0.05) is 19.1 Å². The number of allylic oxidation sites excluding steroid dienone is 2.